The summed E-state index contributed by atoms with van der Waals surface area (Å²) >= 11 is 7.26. The van der Waals surface area contributed by atoms with E-state index < -0.39 is 9.84 Å². The van der Waals surface area contributed by atoms with Crippen LogP contribution in [-0.2, 0) is 14.6 Å². The zero-order valence-electron chi connectivity index (χ0n) is 15.3. The van der Waals surface area contributed by atoms with E-state index in [0.29, 0.717) is 17.1 Å². The van der Waals surface area contributed by atoms with E-state index in [9.17, 15) is 13.2 Å². The molecule has 0 saturated carbocycles. The molecule has 0 saturated heterocycles. The molecule has 2 heterocycles. The molecule has 4 nitrogen and oxygen atoms in total. The number of nitrogens with one attached hydrogen (secondary N) is 1. The number of thiophene rings is 1. The molecule has 1 aliphatic rings. The molecule has 3 aromatic rings. The summed E-state index contributed by atoms with van der Waals surface area (Å²) in [7, 11) is -3.76. The van der Waals surface area contributed by atoms with Gasteiger partial charge in [-0.05, 0) is 49.2 Å². The zero-order chi connectivity index (χ0) is 20.1. The van der Waals surface area contributed by atoms with Gasteiger partial charge in [0.05, 0.1) is 10.6 Å². The van der Waals surface area contributed by atoms with E-state index in [0.717, 1.165) is 21.6 Å². The fraction of sp³-hybridized carbons (Fsp3) is 0.190. The van der Waals surface area contributed by atoms with Gasteiger partial charge in [-0.25, -0.2) is 8.42 Å². The van der Waals surface area contributed by atoms with Gasteiger partial charge in [0.15, 0.2) is 0 Å². The average molecular weight is 432 g/mol. The van der Waals surface area contributed by atoms with Crippen LogP contribution in [0.1, 0.15) is 33.9 Å². The number of fused-ring (bicyclic) bond motifs is 1. The van der Waals surface area contributed by atoms with E-state index in [1.807, 2.05) is 26.0 Å². The first-order valence-corrected chi connectivity index (χ1v) is 11.5. The fourth-order valence-corrected chi connectivity index (χ4v) is 6.55. The summed E-state index contributed by atoms with van der Waals surface area (Å²) < 4.78 is 26.3. The third-order valence-electron chi connectivity index (χ3n) is 4.98. The second kappa shape index (κ2) is 7.03. The van der Waals surface area contributed by atoms with Crippen molar-refractivity contribution >= 4 is 44.4 Å². The Balaban J connectivity index is 1.85. The van der Waals surface area contributed by atoms with Gasteiger partial charge in [0.2, 0.25) is 15.7 Å². The maximum atomic E-state index is 13.2. The maximum absolute atomic E-state index is 13.2. The lowest BCUT2D eigenvalue weighted by Crippen LogP contribution is -2.24. The van der Waals surface area contributed by atoms with Crippen LogP contribution in [0, 0.1) is 13.8 Å². The maximum Gasteiger partial charge on any atom is 0.225 e. The molecule has 1 atom stereocenters. The van der Waals surface area contributed by atoms with Crippen molar-refractivity contribution in [3.63, 3.8) is 0 Å². The van der Waals surface area contributed by atoms with Gasteiger partial charge >= 0.3 is 0 Å². The van der Waals surface area contributed by atoms with Crippen molar-refractivity contribution < 1.29 is 13.2 Å². The van der Waals surface area contributed by atoms with Crippen molar-refractivity contribution in [3.8, 4) is 0 Å². The Hall–Kier alpha value is -2.15. The molecule has 2 aromatic carbocycles. The first-order valence-electron chi connectivity index (χ1n) is 8.76. The number of amides is 1. The molecule has 4 rings (SSSR count). The number of aryl methyl sites for hydroxylation is 2. The van der Waals surface area contributed by atoms with Crippen molar-refractivity contribution in [3.05, 3.63) is 74.4 Å². The monoisotopic (exact) mass is 431 g/mol. The number of hydrogen-bond acceptors (Lipinski definition) is 4. The van der Waals surface area contributed by atoms with Crippen molar-refractivity contribution in [1.29, 1.82) is 0 Å². The Kier molecular flexibility index (Phi) is 4.81. The molecule has 0 radical (unpaired) electrons. The lowest BCUT2D eigenvalue weighted by molar-refractivity contribution is -0.116. The molecule has 0 spiro atoms. The topological polar surface area (TPSA) is 63.2 Å². The summed E-state index contributed by atoms with van der Waals surface area (Å²) in [4.78, 5) is 13.6. The smallest absolute Gasteiger partial charge is 0.225 e. The van der Waals surface area contributed by atoms with Gasteiger partial charge in [-0.2, -0.15) is 0 Å². The summed E-state index contributed by atoms with van der Waals surface area (Å²) in [5, 5.41) is 4.89. The Morgan fingerprint density at radius 2 is 1.82 bits per heavy atom. The van der Waals surface area contributed by atoms with Gasteiger partial charge in [0.25, 0.3) is 0 Å². The van der Waals surface area contributed by atoms with Gasteiger partial charge in [-0.15, -0.1) is 11.3 Å². The van der Waals surface area contributed by atoms with Gasteiger partial charge in [-0.3, -0.25) is 4.79 Å². The Morgan fingerprint density at radius 3 is 2.54 bits per heavy atom. The van der Waals surface area contributed by atoms with Crippen LogP contribution < -0.4 is 5.32 Å². The second-order valence-corrected chi connectivity index (χ2v) is 10.2. The number of halogens is 1. The van der Waals surface area contributed by atoms with Crippen LogP contribution in [-0.4, -0.2) is 14.3 Å². The summed E-state index contributed by atoms with van der Waals surface area (Å²) in [5.74, 6) is -0.327. The van der Waals surface area contributed by atoms with Crippen LogP contribution in [0.4, 0.5) is 5.69 Å². The molecule has 7 heteroatoms. The van der Waals surface area contributed by atoms with Gasteiger partial charge < -0.3 is 5.32 Å². The molecule has 0 fully saturated rings. The van der Waals surface area contributed by atoms with E-state index in [2.05, 4.69) is 11.4 Å². The number of hydrogen-bond donors (Lipinski definition) is 1. The predicted molar refractivity (Wildman–Crippen MR) is 112 cm³/mol. The Morgan fingerprint density at radius 1 is 1.11 bits per heavy atom. The highest BCUT2D eigenvalue weighted by Gasteiger charge is 2.34. The Labute approximate surface area is 173 Å². The number of rotatable bonds is 3. The Bertz CT molecular complexity index is 1180. The average Bonchev–Trinajstić information content (AvgIpc) is 3.08. The molecule has 0 aliphatic carbocycles. The molecule has 0 bridgehead atoms. The highest BCUT2D eigenvalue weighted by Crippen LogP contribution is 2.46. The molecular formula is C21H18ClNO3S2. The molecular weight excluding hydrogens is 414 g/mol. The molecule has 1 aliphatic heterocycles. The summed E-state index contributed by atoms with van der Waals surface area (Å²) in [6.07, 6.45) is 0.304. The van der Waals surface area contributed by atoms with Crippen LogP contribution in [0.25, 0.3) is 0 Å². The largest absolute Gasteiger partial charge is 0.324 e. The minimum Gasteiger partial charge on any atom is -0.324 e. The molecule has 0 unspecified atom stereocenters. The lowest BCUT2D eigenvalue weighted by atomic mass is 9.87. The molecule has 1 N–H and O–H groups in total. The number of carbonyl (C=O) groups is 1. The number of benzene rings is 2. The highest BCUT2D eigenvalue weighted by molar-refractivity contribution is 7.91. The summed E-state index contributed by atoms with van der Waals surface area (Å²) in [6.45, 7) is 4.03. The van der Waals surface area contributed by atoms with Crippen LogP contribution in [0.2, 0.25) is 5.02 Å². The van der Waals surface area contributed by atoms with E-state index >= 15 is 0 Å². The van der Waals surface area contributed by atoms with Crippen molar-refractivity contribution in [1.82, 2.24) is 0 Å². The predicted octanol–water partition coefficient (Wildman–Crippen LogP) is 5.33. The third kappa shape index (κ3) is 3.26. The van der Waals surface area contributed by atoms with E-state index in [1.54, 1.807) is 17.5 Å². The second-order valence-electron chi connectivity index (χ2n) is 6.96. The van der Waals surface area contributed by atoms with Crippen molar-refractivity contribution in [2.24, 2.45) is 0 Å². The van der Waals surface area contributed by atoms with Gasteiger partial charge in [0, 0.05) is 27.6 Å². The highest BCUT2D eigenvalue weighted by atomic mass is 35.5. The summed E-state index contributed by atoms with van der Waals surface area (Å²) in [5.41, 5.74) is 3.67. The minimum absolute atomic E-state index is 0.137. The first-order chi connectivity index (χ1) is 13.3. The lowest BCUT2D eigenvalue weighted by Gasteiger charge is -2.25. The third-order valence-corrected chi connectivity index (χ3v) is 8.27. The molecule has 28 heavy (non-hydrogen) atoms. The van der Waals surface area contributed by atoms with E-state index in [-0.39, 0.29) is 21.6 Å². The van der Waals surface area contributed by atoms with Crippen LogP contribution in [0.5, 0.6) is 0 Å². The van der Waals surface area contributed by atoms with Crippen LogP contribution in [0.3, 0.4) is 0 Å². The van der Waals surface area contributed by atoms with E-state index in [4.69, 9.17) is 11.6 Å². The molecule has 144 valence electrons. The van der Waals surface area contributed by atoms with Gasteiger partial charge in [-0.1, -0.05) is 35.4 Å². The standard InChI is InChI=1S/C21H18ClNO3S2/c1-12-3-4-13(2)16(9-12)17-10-19(24)23-20-18(11-27-21(17)20)28(25,26)15-7-5-14(22)6-8-15/h3-9,11,17H,10H2,1-2H3,(H,23,24)/t17-/m0/s1. The summed E-state index contributed by atoms with van der Waals surface area (Å²) in [6, 6.07) is 12.2. The van der Waals surface area contributed by atoms with Crippen molar-refractivity contribution in [2.75, 3.05) is 5.32 Å². The number of sulfone groups is 1. The first kappa shape index (κ1) is 19.2. The van der Waals surface area contributed by atoms with Crippen LogP contribution >= 0.6 is 22.9 Å². The van der Waals surface area contributed by atoms with Crippen molar-refractivity contribution in [2.45, 2.75) is 36.0 Å². The van der Waals surface area contributed by atoms with E-state index in [1.165, 1.54) is 23.5 Å². The zero-order valence-corrected chi connectivity index (χ0v) is 17.7. The SMILES string of the molecule is Cc1ccc(C)c([C@@H]2CC(=O)Nc3c(S(=O)(=O)c4ccc(Cl)cc4)csc32)c1. The molecule has 1 aromatic heterocycles. The fourth-order valence-electron chi connectivity index (χ4n) is 3.53. The number of carbonyl (C=O) groups excluding carboxylic acids is 1. The minimum atomic E-state index is -3.76. The van der Waals surface area contributed by atoms with Crippen LogP contribution in [0.15, 0.2) is 57.6 Å². The van der Waals surface area contributed by atoms with Gasteiger partial charge in [0.1, 0.15) is 4.90 Å². The quantitative estimate of drug-likeness (QED) is 0.610. The normalized spacial score (nSPS) is 16.5. The number of anilines is 1. The molecule has 1 amide bonds.